The highest BCUT2D eigenvalue weighted by Gasteiger charge is 2.31. The summed E-state index contributed by atoms with van der Waals surface area (Å²) in [5.41, 5.74) is 2.34. The zero-order chi connectivity index (χ0) is 22.6. The Morgan fingerprint density at radius 2 is 1.91 bits per heavy atom. The molecule has 1 aromatic heterocycles. The lowest BCUT2D eigenvalue weighted by molar-refractivity contribution is -0.135. The maximum Gasteiger partial charge on any atom is 0.224 e. The molecule has 3 aromatic rings. The summed E-state index contributed by atoms with van der Waals surface area (Å²) < 4.78 is 8.47. The van der Waals surface area contributed by atoms with Crippen LogP contribution in [0.3, 0.4) is 0 Å². The Balaban J connectivity index is 1.30. The van der Waals surface area contributed by atoms with Gasteiger partial charge in [0.15, 0.2) is 0 Å². The monoisotopic (exact) mass is 444 g/mol. The lowest BCUT2D eigenvalue weighted by Gasteiger charge is -2.36. The third-order valence-electron chi connectivity index (χ3n) is 6.85. The summed E-state index contributed by atoms with van der Waals surface area (Å²) in [4.78, 5) is 22.3. The predicted octanol–water partition coefficient (Wildman–Crippen LogP) is 4.50. The second-order valence-electron chi connectivity index (χ2n) is 9.11. The number of imidazole rings is 1. The van der Waals surface area contributed by atoms with Crippen LogP contribution in [-0.2, 0) is 18.4 Å². The van der Waals surface area contributed by atoms with Gasteiger partial charge in [-0.05, 0) is 30.9 Å². The number of aromatic nitrogens is 2. The Morgan fingerprint density at radius 1 is 1.09 bits per heavy atom. The van der Waals surface area contributed by atoms with Crippen LogP contribution < -0.4 is 4.74 Å². The number of fused-ring (bicyclic) bond motifs is 1. The van der Waals surface area contributed by atoms with Crippen molar-refractivity contribution in [3.05, 3.63) is 83.9 Å². The molecule has 0 spiro atoms. The standard InChI is InChI=1S/C27H32N4O2/c1-29-18-15-28-27(29)23-12-7-8-16-31(23)26(32)14-17-30-19-22-11-5-6-13-24(22)33-25(20-30)21-9-3-2-4-10-21/h2-6,9-11,13,15,18,23,25H,7-8,12,14,16-17,19-20H2,1H3/t23-,25-/m1/s1. The van der Waals surface area contributed by atoms with Crippen LogP contribution >= 0.6 is 0 Å². The number of hydrogen-bond acceptors (Lipinski definition) is 4. The fraction of sp³-hybridized carbons (Fsp3) is 0.407. The third-order valence-corrected chi connectivity index (χ3v) is 6.85. The molecule has 6 nitrogen and oxygen atoms in total. The lowest BCUT2D eigenvalue weighted by Crippen LogP contribution is -2.41. The molecule has 6 heteroatoms. The van der Waals surface area contributed by atoms with Gasteiger partial charge in [-0.15, -0.1) is 0 Å². The van der Waals surface area contributed by atoms with E-state index in [-0.39, 0.29) is 18.1 Å². The highest BCUT2D eigenvalue weighted by atomic mass is 16.5. The predicted molar refractivity (Wildman–Crippen MR) is 128 cm³/mol. The molecule has 3 heterocycles. The topological polar surface area (TPSA) is 50.6 Å². The summed E-state index contributed by atoms with van der Waals surface area (Å²) in [6.07, 6.45) is 7.42. The van der Waals surface area contributed by atoms with Crippen molar-refractivity contribution in [2.45, 2.75) is 44.4 Å². The minimum absolute atomic E-state index is 0.0553. The maximum absolute atomic E-state index is 13.4. The van der Waals surface area contributed by atoms with Gasteiger partial charge in [-0.3, -0.25) is 9.69 Å². The van der Waals surface area contributed by atoms with Crippen LogP contribution in [-0.4, -0.2) is 44.9 Å². The van der Waals surface area contributed by atoms with E-state index in [4.69, 9.17) is 4.74 Å². The van der Waals surface area contributed by atoms with Crippen molar-refractivity contribution in [1.29, 1.82) is 0 Å². The van der Waals surface area contributed by atoms with Crippen LogP contribution in [0.1, 0.15) is 54.8 Å². The number of nitrogens with zero attached hydrogens (tertiary/aromatic N) is 4. The van der Waals surface area contributed by atoms with Gasteiger partial charge in [-0.25, -0.2) is 4.98 Å². The van der Waals surface area contributed by atoms with E-state index in [0.29, 0.717) is 13.0 Å². The molecule has 0 radical (unpaired) electrons. The molecular weight excluding hydrogens is 412 g/mol. The molecule has 2 aromatic carbocycles. The van der Waals surface area contributed by atoms with Gasteiger partial charge in [-0.2, -0.15) is 0 Å². The van der Waals surface area contributed by atoms with E-state index in [9.17, 15) is 4.79 Å². The number of hydrogen-bond donors (Lipinski definition) is 0. The second-order valence-corrected chi connectivity index (χ2v) is 9.11. The number of likely N-dealkylation sites (tertiary alicyclic amines) is 1. The number of rotatable bonds is 5. The first kappa shape index (κ1) is 21.7. The molecule has 172 valence electrons. The number of carbonyl (C=O) groups is 1. The smallest absolute Gasteiger partial charge is 0.224 e. The van der Waals surface area contributed by atoms with Crippen molar-refractivity contribution in [1.82, 2.24) is 19.4 Å². The van der Waals surface area contributed by atoms with Crippen LogP contribution in [0, 0.1) is 0 Å². The number of amides is 1. The average molecular weight is 445 g/mol. The molecule has 0 bridgehead atoms. The van der Waals surface area contributed by atoms with E-state index < -0.39 is 0 Å². The molecule has 0 aliphatic carbocycles. The van der Waals surface area contributed by atoms with Gasteiger partial charge < -0.3 is 14.2 Å². The van der Waals surface area contributed by atoms with Crippen molar-refractivity contribution in [2.75, 3.05) is 19.6 Å². The van der Waals surface area contributed by atoms with Crippen molar-refractivity contribution in [3.8, 4) is 5.75 Å². The molecule has 0 unspecified atom stereocenters. The summed E-state index contributed by atoms with van der Waals surface area (Å²) in [5.74, 6) is 2.15. The maximum atomic E-state index is 13.4. The highest BCUT2D eigenvalue weighted by Crippen LogP contribution is 2.32. The minimum atomic E-state index is -0.0553. The molecule has 2 atom stereocenters. The lowest BCUT2D eigenvalue weighted by atomic mass is 10.0. The van der Waals surface area contributed by atoms with E-state index in [0.717, 1.165) is 56.0 Å². The molecule has 0 N–H and O–H groups in total. The van der Waals surface area contributed by atoms with Crippen molar-refractivity contribution in [3.63, 3.8) is 0 Å². The van der Waals surface area contributed by atoms with Crippen LogP contribution in [0.2, 0.25) is 0 Å². The fourth-order valence-electron chi connectivity index (χ4n) is 5.09. The number of carbonyl (C=O) groups excluding carboxylic acids is 1. The van der Waals surface area contributed by atoms with Gasteiger partial charge in [0.05, 0.1) is 6.04 Å². The van der Waals surface area contributed by atoms with E-state index in [1.165, 1.54) is 5.56 Å². The van der Waals surface area contributed by atoms with Gasteiger partial charge in [0.2, 0.25) is 5.91 Å². The first-order valence-electron chi connectivity index (χ1n) is 12.0. The number of para-hydroxylation sites is 1. The SMILES string of the molecule is Cn1ccnc1[C@H]1CCCCN1C(=O)CCN1Cc2ccccc2O[C@@H](c2ccccc2)C1. The molecule has 1 fully saturated rings. The molecule has 1 amide bonds. The summed E-state index contributed by atoms with van der Waals surface area (Å²) in [5, 5.41) is 0. The van der Waals surface area contributed by atoms with Gasteiger partial charge >= 0.3 is 0 Å². The highest BCUT2D eigenvalue weighted by molar-refractivity contribution is 5.77. The molecule has 0 saturated carbocycles. The van der Waals surface area contributed by atoms with Crippen LogP contribution in [0.25, 0.3) is 0 Å². The summed E-state index contributed by atoms with van der Waals surface area (Å²) in [7, 11) is 2.01. The van der Waals surface area contributed by atoms with Crippen LogP contribution in [0.5, 0.6) is 5.75 Å². The van der Waals surface area contributed by atoms with Crippen LogP contribution in [0.15, 0.2) is 67.0 Å². The molecule has 5 rings (SSSR count). The van der Waals surface area contributed by atoms with Crippen molar-refractivity contribution < 1.29 is 9.53 Å². The van der Waals surface area contributed by atoms with E-state index >= 15 is 0 Å². The molecular formula is C27H32N4O2. The summed E-state index contributed by atoms with van der Waals surface area (Å²) in [6.45, 7) is 3.07. The third kappa shape index (κ3) is 4.81. The average Bonchev–Trinajstić information content (AvgIpc) is 3.19. The molecule has 2 aliphatic rings. The zero-order valence-corrected chi connectivity index (χ0v) is 19.3. The summed E-state index contributed by atoms with van der Waals surface area (Å²) >= 11 is 0. The van der Waals surface area contributed by atoms with Gasteiger partial charge in [0.1, 0.15) is 17.7 Å². The van der Waals surface area contributed by atoms with Crippen LogP contribution in [0.4, 0.5) is 0 Å². The first-order chi connectivity index (χ1) is 16.2. The normalized spacial score (nSPS) is 21.2. The quantitative estimate of drug-likeness (QED) is 0.581. The minimum Gasteiger partial charge on any atom is -0.484 e. The summed E-state index contributed by atoms with van der Waals surface area (Å²) in [6, 6.07) is 18.7. The largest absolute Gasteiger partial charge is 0.484 e. The van der Waals surface area contributed by atoms with Crippen molar-refractivity contribution >= 4 is 5.91 Å². The Labute approximate surface area is 195 Å². The number of ether oxygens (including phenoxy) is 1. The Kier molecular flexibility index (Phi) is 6.44. The Morgan fingerprint density at radius 3 is 2.73 bits per heavy atom. The van der Waals surface area contributed by atoms with E-state index in [1.807, 2.05) is 42.2 Å². The van der Waals surface area contributed by atoms with Gasteiger partial charge in [-0.1, -0.05) is 48.5 Å². The van der Waals surface area contributed by atoms with E-state index in [1.54, 1.807) is 0 Å². The molecule has 33 heavy (non-hydrogen) atoms. The van der Waals surface area contributed by atoms with Gasteiger partial charge in [0, 0.05) is 57.6 Å². The van der Waals surface area contributed by atoms with E-state index in [2.05, 4.69) is 51.2 Å². The Hall–Kier alpha value is -3.12. The Bertz CT molecular complexity index is 1080. The number of piperidine rings is 1. The number of aryl methyl sites for hydroxylation is 1. The zero-order valence-electron chi connectivity index (χ0n) is 19.3. The van der Waals surface area contributed by atoms with Crippen molar-refractivity contribution in [2.24, 2.45) is 7.05 Å². The molecule has 1 saturated heterocycles. The van der Waals surface area contributed by atoms with Gasteiger partial charge in [0.25, 0.3) is 0 Å². The molecule has 2 aliphatic heterocycles. The first-order valence-corrected chi connectivity index (χ1v) is 12.0. The second kappa shape index (κ2) is 9.79. The number of benzene rings is 2. The fourth-order valence-corrected chi connectivity index (χ4v) is 5.09.